The second-order valence-electron chi connectivity index (χ2n) is 24.4. The van der Waals surface area contributed by atoms with Gasteiger partial charge in [-0.25, -0.2) is 0 Å². The number of aromatic amines is 1. The van der Waals surface area contributed by atoms with Gasteiger partial charge in [0.25, 0.3) is 0 Å². The molecule has 0 bridgehead atoms. The lowest BCUT2D eigenvalue weighted by Crippen LogP contribution is -2.51. The first-order valence-corrected chi connectivity index (χ1v) is 39.7. The number of ketones is 1. The van der Waals surface area contributed by atoms with Crippen LogP contribution in [0.1, 0.15) is 157 Å². The first-order valence-electron chi connectivity index (χ1n) is 38.3. The van der Waals surface area contributed by atoms with Crippen molar-refractivity contribution in [2.75, 3.05) is 62.2 Å². The highest BCUT2D eigenvalue weighted by atomic mass is 32.2. The van der Waals surface area contributed by atoms with Crippen molar-refractivity contribution in [2.24, 2.45) is 14.1 Å². The molecule has 0 atom stereocenters. The standard InChI is InChI=1S/C28H32N4.C15H17NO.C13H15N3.C10H6F3NO3S.C9H7NO.6C2H6/c1-30-20-25(23-6-3-5-9-27(23)30)21-10-12-22(13-11-21)31-16-18-32(19-17-31)28-14-15-29-26-8-4-2-7-24(26)28;1-16-10-14(11-6-8-12(17)9-7-11)13-4-2-3-5-15(13)16;1-2-4-12-11(3-1)13(5-6-15-12)16-9-7-14-8-10-16;11-10(12,13)18(15,16)17-9-5-6-14-8-4-2-1-3-7(8)9;11-9-5-6-10-8-4-2-1-3-7(8)9;6*1-2/h2-9,14-15,20-22H,10-13,16-19H2,1H3;2-5,10-11H,6-9H2,1H3;1-6,14H,7-10H2;1-6H;1-6H,(H,10,11);6*1-2H3. The number of piperazine rings is 2. The van der Waals surface area contributed by atoms with E-state index in [4.69, 9.17) is 0 Å². The molecule has 15 nitrogen and oxygen atoms in total. The van der Waals surface area contributed by atoms with Gasteiger partial charge in [-0.05, 0) is 122 Å². The number of nitrogens with one attached hydrogen (secondary N) is 2. The van der Waals surface area contributed by atoms with Crippen LogP contribution in [0.3, 0.4) is 0 Å². The lowest BCUT2D eigenvalue weighted by Gasteiger charge is -2.43. The quantitative estimate of drug-likeness (QED) is 0.115. The van der Waals surface area contributed by atoms with E-state index in [0.29, 0.717) is 23.1 Å². The highest BCUT2D eigenvalue weighted by Gasteiger charge is 2.49. The van der Waals surface area contributed by atoms with Crippen LogP contribution in [0.15, 0.2) is 212 Å². The van der Waals surface area contributed by atoms with Crippen molar-refractivity contribution >= 4 is 92.7 Å². The number of H-pyrrole nitrogens is 1. The van der Waals surface area contributed by atoms with Gasteiger partial charge in [0, 0.05) is 195 Å². The van der Waals surface area contributed by atoms with Crippen molar-refractivity contribution in [1.29, 1.82) is 0 Å². The second kappa shape index (κ2) is 43.9. The monoisotopic (exact) mass is 1470 g/mol. The number of halogens is 3. The van der Waals surface area contributed by atoms with Crippen LogP contribution in [-0.2, 0) is 29.0 Å². The van der Waals surface area contributed by atoms with Crippen LogP contribution in [0.2, 0.25) is 0 Å². The number of aryl methyl sites for hydroxylation is 2. The number of hydrogen-bond donors (Lipinski definition) is 2. The molecule has 0 amide bonds. The summed E-state index contributed by atoms with van der Waals surface area (Å²) in [6, 6.07) is 55.5. The van der Waals surface area contributed by atoms with E-state index in [1.807, 2.05) is 126 Å². The number of fused-ring (bicyclic) bond motifs is 6. The molecule has 0 unspecified atom stereocenters. The Bertz CT molecular complexity index is 4730. The van der Waals surface area contributed by atoms with Crippen LogP contribution in [0, 0.1) is 0 Å². The molecule has 568 valence electrons. The third kappa shape index (κ3) is 22.3. The lowest BCUT2D eigenvalue weighted by atomic mass is 9.81. The van der Waals surface area contributed by atoms with E-state index < -0.39 is 21.4 Å². The average Bonchev–Trinajstić information content (AvgIpc) is 1.74. The van der Waals surface area contributed by atoms with Crippen LogP contribution in [-0.4, -0.2) is 112 Å². The molecule has 0 radical (unpaired) electrons. The van der Waals surface area contributed by atoms with E-state index in [9.17, 15) is 31.2 Å². The third-order valence-electron chi connectivity index (χ3n) is 18.6. The zero-order chi connectivity index (χ0) is 77.2. The third-order valence-corrected chi connectivity index (χ3v) is 19.6. The van der Waals surface area contributed by atoms with Crippen molar-refractivity contribution in [1.82, 2.24) is 39.3 Å². The molecule has 16 rings (SSSR count). The van der Waals surface area contributed by atoms with E-state index in [2.05, 4.69) is 183 Å². The predicted octanol–water partition coefficient (Wildman–Crippen LogP) is 20.8. The highest BCUT2D eigenvalue weighted by Crippen LogP contribution is 2.40. The molecule has 19 heteroatoms. The number of carbonyl (C=O) groups excluding carboxylic acids is 1. The summed E-state index contributed by atoms with van der Waals surface area (Å²) in [6.07, 6.45) is 20.1. The van der Waals surface area contributed by atoms with Gasteiger partial charge in [0.2, 0.25) is 0 Å². The van der Waals surface area contributed by atoms with Crippen molar-refractivity contribution in [3.8, 4) is 5.75 Å². The summed E-state index contributed by atoms with van der Waals surface area (Å²) in [5, 5.41) is 9.65. The minimum atomic E-state index is -5.67. The normalized spacial score (nSPS) is 15.7. The van der Waals surface area contributed by atoms with Gasteiger partial charge in [0.15, 0.2) is 11.2 Å². The van der Waals surface area contributed by atoms with E-state index >= 15 is 0 Å². The number of hydrogen-bond acceptors (Lipinski definition) is 12. The van der Waals surface area contributed by atoms with E-state index in [1.165, 1.54) is 119 Å². The van der Waals surface area contributed by atoms with Gasteiger partial charge in [0.1, 0.15) is 5.78 Å². The largest absolute Gasteiger partial charge is 0.534 e. The topological polar surface area (TPSA) is 164 Å². The number of benzene rings is 6. The minimum absolute atomic E-state index is 0.0688. The Hall–Kier alpha value is -9.43. The number of rotatable bonds is 7. The number of Topliss-reactive ketones (excluding diaryl/α,β-unsaturated/α-hetero) is 1. The fourth-order valence-electron chi connectivity index (χ4n) is 13.8. The number of para-hydroxylation sites is 6. The molecule has 2 aliphatic heterocycles. The number of carbonyl (C=O) groups is 1. The first-order chi connectivity index (χ1) is 51.7. The van der Waals surface area contributed by atoms with Crippen molar-refractivity contribution in [2.45, 2.75) is 158 Å². The van der Waals surface area contributed by atoms with Crippen LogP contribution < -0.4 is 24.7 Å². The fraction of sp³-hybridized carbons (Fsp3) is 0.391. The average molecular weight is 1470 g/mol. The maximum atomic E-state index is 12.2. The van der Waals surface area contributed by atoms with E-state index in [0.717, 1.165) is 99.0 Å². The maximum Gasteiger partial charge on any atom is 0.534 e. The maximum absolute atomic E-state index is 12.2. The van der Waals surface area contributed by atoms with Crippen molar-refractivity contribution in [3.63, 3.8) is 0 Å². The summed E-state index contributed by atoms with van der Waals surface area (Å²) in [5.74, 6) is 1.31. The zero-order valence-electron chi connectivity index (χ0n) is 64.8. The molecular formula is C87H113F3N10O5S. The summed E-state index contributed by atoms with van der Waals surface area (Å²) < 4.78 is 67.0. The van der Waals surface area contributed by atoms with Crippen LogP contribution in [0.4, 0.5) is 24.5 Å². The van der Waals surface area contributed by atoms with E-state index in [-0.39, 0.29) is 10.8 Å². The Balaban J connectivity index is 0.000000208. The predicted molar refractivity (Wildman–Crippen MR) is 439 cm³/mol. The molecule has 0 spiro atoms. The SMILES string of the molecule is CC.CC.CC.CC.CC.CC.Cn1cc(C2CCC(=O)CC2)c2ccccc21.Cn1cc(C2CCC(N3CCN(c4ccnc5ccccc45)CC3)CC2)c2ccccc21.O=S(=O)(Oc1ccnc2ccccc12)C(F)(F)F.O=c1cc[nH]c2ccccc12.c1ccc2c(N3CCNCC3)ccnc2c1. The Morgan fingerprint density at radius 2 is 0.840 bits per heavy atom. The molecule has 2 N–H and O–H groups in total. The first kappa shape index (κ1) is 85.5. The molecule has 6 aromatic carbocycles. The van der Waals surface area contributed by atoms with Crippen LogP contribution in [0.25, 0.3) is 65.4 Å². The lowest BCUT2D eigenvalue weighted by molar-refractivity contribution is -0.120. The Morgan fingerprint density at radius 1 is 0.443 bits per heavy atom. The summed E-state index contributed by atoms with van der Waals surface area (Å²) in [4.78, 5) is 46.0. The van der Waals surface area contributed by atoms with Crippen LogP contribution in [0.5, 0.6) is 5.75 Å². The highest BCUT2D eigenvalue weighted by molar-refractivity contribution is 7.88. The summed E-state index contributed by atoms with van der Waals surface area (Å²) in [5.41, 5.74) is 6.32. The van der Waals surface area contributed by atoms with Gasteiger partial charge < -0.3 is 33.4 Å². The van der Waals surface area contributed by atoms with Crippen molar-refractivity contribution in [3.05, 3.63) is 228 Å². The molecular weight excluding hydrogens is 1350 g/mol. The molecule has 4 fully saturated rings. The minimum Gasteiger partial charge on any atom is -0.375 e. The summed E-state index contributed by atoms with van der Waals surface area (Å²) in [6.45, 7) is 32.8. The number of aromatic nitrogens is 6. The van der Waals surface area contributed by atoms with Crippen LogP contribution >= 0.6 is 0 Å². The smallest absolute Gasteiger partial charge is 0.375 e. The number of alkyl halides is 3. The second-order valence-corrected chi connectivity index (χ2v) is 25.9. The molecule has 8 heterocycles. The molecule has 2 aliphatic carbocycles. The Kier molecular flexibility index (Phi) is 35.4. The summed E-state index contributed by atoms with van der Waals surface area (Å²) >= 11 is 0. The molecule has 2 saturated heterocycles. The van der Waals surface area contributed by atoms with Gasteiger partial charge in [-0.2, -0.15) is 21.6 Å². The Morgan fingerprint density at radius 3 is 1.31 bits per heavy atom. The molecule has 106 heavy (non-hydrogen) atoms. The van der Waals surface area contributed by atoms with Crippen molar-refractivity contribution < 1.29 is 30.6 Å². The van der Waals surface area contributed by atoms with Gasteiger partial charge in [-0.3, -0.25) is 29.4 Å². The number of anilines is 2. The van der Waals surface area contributed by atoms with Gasteiger partial charge >= 0.3 is 15.6 Å². The number of pyridine rings is 4. The summed E-state index contributed by atoms with van der Waals surface area (Å²) in [7, 11) is -1.39. The molecule has 2 saturated carbocycles. The van der Waals surface area contributed by atoms with E-state index in [1.54, 1.807) is 17.8 Å². The van der Waals surface area contributed by atoms with Gasteiger partial charge in [-0.1, -0.05) is 180 Å². The fourth-order valence-corrected chi connectivity index (χ4v) is 14.3. The van der Waals surface area contributed by atoms with Gasteiger partial charge in [0.05, 0.1) is 16.6 Å². The zero-order valence-corrected chi connectivity index (χ0v) is 65.7. The Labute approximate surface area is 627 Å². The molecule has 6 aromatic heterocycles. The molecule has 4 aliphatic rings. The molecule has 12 aromatic rings. The van der Waals surface area contributed by atoms with Gasteiger partial charge in [-0.15, -0.1) is 0 Å². The number of nitrogens with zero attached hydrogens (tertiary/aromatic N) is 8.